The number of nitrogen functional groups attached to an aromatic ring is 1. The fourth-order valence-corrected chi connectivity index (χ4v) is 1.68. The largest absolute Gasteiger partial charge is 0.494 e. The number of ether oxygens (including phenoxy) is 2. The highest BCUT2D eigenvalue weighted by atomic mass is 19.4. The van der Waals surface area contributed by atoms with Crippen LogP contribution in [-0.4, -0.2) is 7.11 Å². The van der Waals surface area contributed by atoms with Crippen molar-refractivity contribution >= 4 is 5.69 Å². The molecular formula is C14H11F4NO2. The fourth-order valence-electron chi connectivity index (χ4n) is 1.68. The Morgan fingerprint density at radius 3 is 2.24 bits per heavy atom. The molecule has 0 aliphatic rings. The molecule has 2 aromatic rings. The second-order valence-electron chi connectivity index (χ2n) is 4.15. The Bertz CT molecular complexity index is 656. The van der Waals surface area contributed by atoms with E-state index < -0.39 is 17.6 Å². The maximum absolute atomic E-state index is 13.2. The third-order valence-electron chi connectivity index (χ3n) is 2.68. The Labute approximate surface area is 117 Å². The second kappa shape index (κ2) is 5.51. The first-order valence-electron chi connectivity index (χ1n) is 5.79. The molecular weight excluding hydrogens is 290 g/mol. The Balaban J connectivity index is 2.32. The summed E-state index contributed by atoms with van der Waals surface area (Å²) >= 11 is 0. The van der Waals surface area contributed by atoms with Gasteiger partial charge in [-0.25, -0.2) is 4.39 Å². The normalized spacial score (nSPS) is 11.3. The van der Waals surface area contributed by atoms with Gasteiger partial charge in [0.25, 0.3) is 0 Å². The van der Waals surface area contributed by atoms with Gasteiger partial charge in [0, 0.05) is 6.07 Å². The van der Waals surface area contributed by atoms with E-state index in [1.807, 2.05) is 0 Å². The molecule has 2 rings (SSSR count). The molecule has 0 saturated heterocycles. The predicted molar refractivity (Wildman–Crippen MR) is 68.9 cm³/mol. The predicted octanol–water partition coefficient (Wildman–Crippen LogP) is 4.23. The first-order chi connectivity index (χ1) is 9.81. The first kappa shape index (κ1) is 15.0. The van der Waals surface area contributed by atoms with Gasteiger partial charge in [-0.2, -0.15) is 13.2 Å². The van der Waals surface area contributed by atoms with Gasteiger partial charge < -0.3 is 15.2 Å². The van der Waals surface area contributed by atoms with E-state index >= 15 is 0 Å². The van der Waals surface area contributed by atoms with Crippen LogP contribution in [0.25, 0.3) is 0 Å². The Morgan fingerprint density at radius 2 is 1.62 bits per heavy atom. The molecule has 0 aliphatic carbocycles. The van der Waals surface area contributed by atoms with E-state index in [2.05, 4.69) is 0 Å². The van der Waals surface area contributed by atoms with Crippen LogP contribution in [0.2, 0.25) is 0 Å². The van der Waals surface area contributed by atoms with Gasteiger partial charge in [-0.05, 0) is 30.3 Å². The maximum atomic E-state index is 13.2. The average molecular weight is 301 g/mol. The molecule has 0 heterocycles. The quantitative estimate of drug-likeness (QED) is 0.681. The van der Waals surface area contributed by atoms with Crippen LogP contribution in [0.1, 0.15) is 5.56 Å². The smallest absolute Gasteiger partial charge is 0.419 e. The average Bonchev–Trinajstić information content (AvgIpc) is 2.42. The molecule has 0 amide bonds. The summed E-state index contributed by atoms with van der Waals surface area (Å²) in [5.74, 6) is -0.952. The third-order valence-corrected chi connectivity index (χ3v) is 2.68. The molecule has 0 aromatic heterocycles. The molecule has 0 atom stereocenters. The number of benzene rings is 2. The first-order valence-corrected chi connectivity index (χ1v) is 5.79. The molecule has 0 unspecified atom stereocenters. The number of rotatable bonds is 3. The molecule has 0 bridgehead atoms. The van der Waals surface area contributed by atoms with E-state index in [4.69, 9.17) is 15.2 Å². The van der Waals surface area contributed by atoms with Gasteiger partial charge in [0.2, 0.25) is 0 Å². The van der Waals surface area contributed by atoms with Gasteiger partial charge in [-0.1, -0.05) is 0 Å². The van der Waals surface area contributed by atoms with Crippen LogP contribution < -0.4 is 15.2 Å². The van der Waals surface area contributed by atoms with Crippen molar-refractivity contribution in [2.45, 2.75) is 6.18 Å². The van der Waals surface area contributed by atoms with Crippen LogP contribution in [0, 0.1) is 5.82 Å². The van der Waals surface area contributed by atoms with Crippen LogP contribution in [-0.2, 0) is 6.18 Å². The van der Waals surface area contributed by atoms with Gasteiger partial charge in [0.15, 0.2) is 0 Å². The number of alkyl halides is 3. The van der Waals surface area contributed by atoms with Crippen LogP contribution in [0.4, 0.5) is 23.2 Å². The lowest BCUT2D eigenvalue weighted by molar-refractivity contribution is -0.140. The lowest BCUT2D eigenvalue weighted by atomic mass is 10.2. The van der Waals surface area contributed by atoms with E-state index in [0.717, 1.165) is 6.07 Å². The van der Waals surface area contributed by atoms with Crippen molar-refractivity contribution in [1.29, 1.82) is 0 Å². The third kappa shape index (κ3) is 3.36. The molecule has 7 heteroatoms. The van der Waals surface area contributed by atoms with E-state index in [1.165, 1.54) is 25.3 Å². The number of hydrogen-bond donors (Lipinski definition) is 1. The highest BCUT2D eigenvalue weighted by Crippen LogP contribution is 2.35. The summed E-state index contributed by atoms with van der Waals surface area (Å²) < 4.78 is 61.2. The summed E-state index contributed by atoms with van der Waals surface area (Å²) in [7, 11) is 1.40. The number of halogens is 4. The van der Waals surface area contributed by atoms with Crippen molar-refractivity contribution in [1.82, 2.24) is 0 Å². The number of methoxy groups -OCH3 is 1. The summed E-state index contributed by atoms with van der Waals surface area (Å²) in [4.78, 5) is 0. The van der Waals surface area contributed by atoms with Crippen LogP contribution in [0.15, 0.2) is 36.4 Å². The lowest BCUT2D eigenvalue weighted by Gasteiger charge is -2.12. The van der Waals surface area contributed by atoms with Crippen molar-refractivity contribution in [3.8, 4) is 17.2 Å². The molecule has 3 nitrogen and oxygen atoms in total. The molecule has 0 aliphatic heterocycles. The lowest BCUT2D eigenvalue weighted by Crippen LogP contribution is -2.08. The highest BCUT2D eigenvalue weighted by molar-refractivity contribution is 5.56. The standard InChI is InChI=1S/C14H11F4NO2/c1-20-13-7-9(3-5-12(13)19)21-8-2-4-11(15)10(6-8)14(16,17)18/h2-7H,19H2,1H3. The minimum absolute atomic E-state index is 0.143. The fraction of sp³-hybridized carbons (Fsp3) is 0.143. The van der Waals surface area contributed by atoms with Crippen molar-refractivity contribution < 1.29 is 27.0 Å². The van der Waals surface area contributed by atoms with Crippen molar-refractivity contribution in [3.05, 3.63) is 47.8 Å². The van der Waals surface area contributed by atoms with E-state index in [0.29, 0.717) is 23.6 Å². The van der Waals surface area contributed by atoms with Gasteiger partial charge in [0.1, 0.15) is 23.1 Å². The number of anilines is 1. The second-order valence-corrected chi connectivity index (χ2v) is 4.15. The Kier molecular flexibility index (Phi) is 3.93. The Hall–Kier alpha value is -2.44. The van der Waals surface area contributed by atoms with E-state index in [1.54, 1.807) is 0 Å². The topological polar surface area (TPSA) is 44.5 Å². The van der Waals surface area contributed by atoms with Gasteiger partial charge in [-0.15, -0.1) is 0 Å². The van der Waals surface area contributed by atoms with Gasteiger partial charge >= 0.3 is 6.18 Å². The SMILES string of the molecule is COc1cc(Oc2ccc(F)c(C(F)(F)F)c2)ccc1N. The van der Waals surface area contributed by atoms with Crippen molar-refractivity contribution in [3.63, 3.8) is 0 Å². The minimum atomic E-state index is -4.79. The number of nitrogens with two attached hydrogens (primary N) is 1. The van der Waals surface area contributed by atoms with Crippen LogP contribution in [0.5, 0.6) is 17.2 Å². The zero-order chi connectivity index (χ0) is 15.6. The zero-order valence-corrected chi connectivity index (χ0v) is 10.9. The summed E-state index contributed by atoms with van der Waals surface area (Å²) in [5, 5.41) is 0. The molecule has 112 valence electrons. The molecule has 0 spiro atoms. The summed E-state index contributed by atoms with van der Waals surface area (Å²) in [6, 6.07) is 6.78. The highest BCUT2D eigenvalue weighted by Gasteiger charge is 2.34. The maximum Gasteiger partial charge on any atom is 0.419 e. The van der Waals surface area contributed by atoms with E-state index in [9.17, 15) is 17.6 Å². The molecule has 2 N–H and O–H groups in total. The summed E-state index contributed by atoms with van der Waals surface area (Å²) in [5.41, 5.74) is 4.59. The monoisotopic (exact) mass is 301 g/mol. The summed E-state index contributed by atoms with van der Waals surface area (Å²) in [6.07, 6.45) is -4.79. The molecule has 2 aromatic carbocycles. The molecule has 0 radical (unpaired) electrons. The van der Waals surface area contributed by atoms with Crippen LogP contribution >= 0.6 is 0 Å². The van der Waals surface area contributed by atoms with E-state index in [-0.39, 0.29) is 11.5 Å². The van der Waals surface area contributed by atoms with Crippen LogP contribution in [0.3, 0.4) is 0 Å². The molecule has 21 heavy (non-hydrogen) atoms. The molecule has 0 fully saturated rings. The van der Waals surface area contributed by atoms with Gasteiger partial charge in [-0.3, -0.25) is 0 Å². The Morgan fingerprint density at radius 1 is 1.00 bits per heavy atom. The minimum Gasteiger partial charge on any atom is -0.494 e. The zero-order valence-electron chi connectivity index (χ0n) is 10.9. The van der Waals surface area contributed by atoms with Crippen molar-refractivity contribution in [2.24, 2.45) is 0 Å². The van der Waals surface area contributed by atoms with Gasteiger partial charge in [0.05, 0.1) is 18.4 Å². The number of hydrogen-bond acceptors (Lipinski definition) is 3. The summed E-state index contributed by atoms with van der Waals surface area (Å²) in [6.45, 7) is 0. The molecule has 0 saturated carbocycles. The van der Waals surface area contributed by atoms with Crippen molar-refractivity contribution in [2.75, 3.05) is 12.8 Å².